The second-order valence-corrected chi connectivity index (χ2v) is 5.24. The predicted octanol–water partition coefficient (Wildman–Crippen LogP) is 3.38. The highest BCUT2D eigenvalue weighted by Gasteiger charge is 2.30. The molecule has 0 fully saturated rings. The van der Waals surface area contributed by atoms with Crippen LogP contribution in [0.5, 0.6) is 0 Å². The normalized spacial score (nSPS) is 12.4. The molecule has 1 unspecified atom stereocenters. The number of aromatic nitrogens is 1. The van der Waals surface area contributed by atoms with Crippen LogP contribution in [0.4, 0.5) is 13.2 Å². The minimum Gasteiger partial charge on any atom is -0.465 e. The first-order valence-electron chi connectivity index (χ1n) is 7.24. The Morgan fingerprint density at radius 1 is 1.20 bits per heavy atom. The zero-order valence-electron chi connectivity index (χ0n) is 13.4. The first-order chi connectivity index (χ1) is 11.7. The summed E-state index contributed by atoms with van der Waals surface area (Å²) in [6.45, 7) is 1.57. The molecular weight excluding hydrogens is 337 g/mol. The summed E-state index contributed by atoms with van der Waals surface area (Å²) in [7, 11) is 1.22. The van der Waals surface area contributed by atoms with Gasteiger partial charge in [-0.05, 0) is 36.8 Å². The van der Waals surface area contributed by atoms with Crippen molar-refractivity contribution in [2.75, 3.05) is 7.11 Å². The maximum Gasteiger partial charge on any atom is 0.416 e. The lowest BCUT2D eigenvalue weighted by atomic mass is 10.0. The third-order valence-electron chi connectivity index (χ3n) is 3.48. The fraction of sp³-hybridized carbons (Fsp3) is 0.235. The molecule has 2 rings (SSSR count). The van der Waals surface area contributed by atoms with Crippen molar-refractivity contribution in [1.29, 1.82) is 0 Å². The summed E-state index contributed by atoms with van der Waals surface area (Å²) in [5.41, 5.74) is -0.252. The summed E-state index contributed by atoms with van der Waals surface area (Å²) >= 11 is 0. The van der Waals surface area contributed by atoms with Crippen LogP contribution in [0.2, 0.25) is 0 Å². The van der Waals surface area contributed by atoms with Crippen molar-refractivity contribution in [1.82, 2.24) is 10.3 Å². The Morgan fingerprint density at radius 3 is 2.48 bits per heavy atom. The molecule has 0 aliphatic carbocycles. The van der Waals surface area contributed by atoms with E-state index in [-0.39, 0.29) is 11.3 Å². The number of hydrogen-bond acceptors (Lipinski definition) is 4. The summed E-state index contributed by atoms with van der Waals surface area (Å²) in [6.07, 6.45) is -3.26. The molecule has 1 N–H and O–H groups in total. The standard InChI is InChI=1S/C17H15F3N2O3/c1-10(11-4-3-5-13(8-11)17(18,19)20)22-15(23)14-7-6-12(9-21-14)16(24)25-2/h3-10H,1-2H3,(H,22,23). The first kappa shape index (κ1) is 18.4. The van der Waals surface area contributed by atoms with Gasteiger partial charge in [0.15, 0.2) is 0 Å². The largest absolute Gasteiger partial charge is 0.465 e. The summed E-state index contributed by atoms with van der Waals surface area (Å²) in [4.78, 5) is 27.3. The molecule has 1 heterocycles. The molecule has 132 valence electrons. The lowest BCUT2D eigenvalue weighted by molar-refractivity contribution is -0.137. The van der Waals surface area contributed by atoms with Crippen LogP contribution in [0.1, 0.15) is 44.9 Å². The van der Waals surface area contributed by atoms with E-state index < -0.39 is 29.7 Å². The maximum absolute atomic E-state index is 12.8. The van der Waals surface area contributed by atoms with E-state index in [1.165, 1.54) is 37.6 Å². The number of halogens is 3. The molecule has 1 amide bonds. The molecule has 0 bridgehead atoms. The molecular formula is C17H15F3N2O3. The van der Waals surface area contributed by atoms with Crippen LogP contribution in [-0.2, 0) is 10.9 Å². The summed E-state index contributed by atoms with van der Waals surface area (Å²) in [5.74, 6) is -1.15. The number of nitrogens with zero attached hydrogens (tertiary/aromatic N) is 1. The minimum absolute atomic E-state index is 0.0338. The van der Waals surface area contributed by atoms with Gasteiger partial charge in [-0.25, -0.2) is 4.79 Å². The van der Waals surface area contributed by atoms with Gasteiger partial charge >= 0.3 is 12.1 Å². The van der Waals surface area contributed by atoms with Gasteiger partial charge in [0, 0.05) is 6.20 Å². The number of methoxy groups -OCH3 is 1. The molecule has 0 saturated carbocycles. The summed E-state index contributed by atoms with van der Waals surface area (Å²) < 4.78 is 42.8. The molecule has 1 atom stereocenters. The Bertz CT molecular complexity index is 773. The highest BCUT2D eigenvalue weighted by Crippen LogP contribution is 2.30. The van der Waals surface area contributed by atoms with Crippen LogP contribution < -0.4 is 5.32 Å². The van der Waals surface area contributed by atoms with Crippen LogP contribution in [-0.4, -0.2) is 24.0 Å². The van der Waals surface area contributed by atoms with Crippen molar-refractivity contribution >= 4 is 11.9 Å². The van der Waals surface area contributed by atoms with Crippen molar-refractivity contribution in [2.24, 2.45) is 0 Å². The van der Waals surface area contributed by atoms with Crippen molar-refractivity contribution < 1.29 is 27.5 Å². The zero-order valence-corrected chi connectivity index (χ0v) is 13.4. The molecule has 1 aromatic heterocycles. The Balaban J connectivity index is 2.11. The van der Waals surface area contributed by atoms with E-state index in [0.29, 0.717) is 5.56 Å². The van der Waals surface area contributed by atoms with E-state index in [4.69, 9.17) is 0 Å². The quantitative estimate of drug-likeness (QED) is 0.857. The number of rotatable bonds is 4. The lowest BCUT2D eigenvalue weighted by Gasteiger charge is -2.16. The SMILES string of the molecule is COC(=O)c1ccc(C(=O)NC(C)c2cccc(C(F)(F)F)c2)nc1. The fourth-order valence-corrected chi connectivity index (χ4v) is 2.11. The van der Waals surface area contributed by atoms with Crippen LogP contribution in [0.15, 0.2) is 42.6 Å². The molecule has 2 aromatic rings. The molecule has 8 heteroatoms. The monoisotopic (exact) mass is 352 g/mol. The Morgan fingerprint density at radius 2 is 1.92 bits per heavy atom. The van der Waals surface area contributed by atoms with E-state index in [1.807, 2.05) is 0 Å². The van der Waals surface area contributed by atoms with Crippen molar-refractivity contribution in [3.8, 4) is 0 Å². The van der Waals surface area contributed by atoms with Gasteiger partial charge in [0.25, 0.3) is 5.91 Å². The zero-order chi connectivity index (χ0) is 18.6. The Labute approximate surface area is 141 Å². The topological polar surface area (TPSA) is 68.3 Å². The summed E-state index contributed by atoms with van der Waals surface area (Å²) in [6, 6.07) is 6.78. The Kier molecular flexibility index (Phi) is 5.41. The van der Waals surface area contributed by atoms with Gasteiger partial charge in [-0.1, -0.05) is 12.1 Å². The van der Waals surface area contributed by atoms with Crippen LogP contribution >= 0.6 is 0 Å². The molecule has 25 heavy (non-hydrogen) atoms. The van der Waals surface area contributed by atoms with E-state index >= 15 is 0 Å². The van der Waals surface area contributed by atoms with E-state index in [2.05, 4.69) is 15.0 Å². The van der Waals surface area contributed by atoms with Gasteiger partial charge in [0.05, 0.1) is 24.3 Å². The molecule has 0 radical (unpaired) electrons. The van der Waals surface area contributed by atoms with Gasteiger partial charge in [-0.3, -0.25) is 9.78 Å². The lowest BCUT2D eigenvalue weighted by Crippen LogP contribution is -2.27. The summed E-state index contributed by atoms with van der Waals surface area (Å²) in [5, 5.41) is 2.57. The van der Waals surface area contributed by atoms with E-state index in [1.54, 1.807) is 6.92 Å². The number of esters is 1. The van der Waals surface area contributed by atoms with Crippen molar-refractivity contribution in [3.05, 3.63) is 65.0 Å². The second kappa shape index (κ2) is 7.33. The second-order valence-electron chi connectivity index (χ2n) is 5.24. The number of amides is 1. The van der Waals surface area contributed by atoms with E-state index in [0.717, 1.165) is 12.1 Å². The number of hydrogen-bond donors (Lipinski definition) is 1. The van der Waals surface area contributed by atoms with Gasteiger partial charge in [-0.2, -0.15) is 13.2 Å². The Hall–Kier alpha value is -2.90. The average molecular weight is 352 g/mol. The fourth-order valence-electron chi connectivity index (χ4n) is 2.11. The van der Waals surface area contributed by atoms with Crippen LogP contribution in [0.25, 0.3) is 0 Å². The third-order valence-corrected chi connectivity index (χ3v) is 3.48. The highest BCUT2D eigenvalue weighted by atomic mass is 19.4. The van der Waals surface area contributed by atoms with Crippen molar-refractivity contribution in [2.45, 2.75) is 19.1 Å². The molecule has 0 aliphatic rings. The minimum atomic E-state index is -4.45. The predicted molar refractivity (Wildman–Crippen MR) is 82.9 cm³/mol. The van der Waals surface area contributed by atoms with Gasteiger partial charge in [0.2, 0.25) is 0 Å². The average Bonchev–Trinajstić information content (AvgIpc) is 2.60. The van der Waals surface area contributed by atoms with Crippen LogP contribution in [0, 0.1) is 0 Å². The highest BCUT2D eigenvalue weighted by molar-refractivity contribution is 5.94. The number of carbonyl (C=O) groups is 2. The van der Waals surface area contributed by atoms with Crippen molar-refractivity contribution in [3.63, 3.8) is 0 Å². The van der Waals surface area contributed by atoms with Gasteiger partial charge < -0.3 is 10.1 Å². The van der Waals surface area contributed by atoms with Gasteiger partial charge in [0.1, 0.15) is 5.69 Å². The number of benzene rings is 1. The third kappa shape index (κ3) is 4.56. The molecule has 0 spiro atoms. The molecule has 1 aromatic carbocycles. The number of pyridine rings is 1. The number of nitrogens with one attached hydrogen (secondary N) is 1. The van der Waals surface area contributed by atoms with E-state index in [9.17, 15) is 22.8 Å². The molecule has 0 saturated heterocycles. The molecule has 5 nitrogen and oxygen atoms in total. The smallest absolute Gasteiger partial charge is 0.416 e. The number of ether oxygens (including phenoxy) is 1. The number of carbonyl (C=O) groups excluding carboxylic acids is 2. The maximum atomic E-state index is 12.8. The molecule has 0 aliphatic heterocycles. The number of alkyl halides is 3. The first-order valence-corrected chi connectivity index (χ1v) is 7.24. The van der Waals surface area contributed by atoms with Gasteiger partial charge in [-0.15, -0.1) is 0 Å². The van der Waals surface area contributed by atoms with Crippen LogP contribution in [0.3, 0.4) is 0 Å².